The van der Waals surface area contributed by atoms with Crippen LogP contribution in [0.1, 0.15) is 17.7 Å². The van der Waals surface area contributed by atoms with E-state index in [9.17, 15) is 9.18 Å². The van der Waals surface area contributed by atoms with Gasteiger partial charge in [0.1, 0.15) is 17.6 Å². The largest absolute Gasteiger partial charge is 0.342 e. The Morgan fingerprint density at radius 3 is 2.91 bits per heavy atom. The molecule has 2 heterocycles. The van der Waals surface area contributed by atoms with Crippen molar-refractivity contribution in [2.45, 2.75) is 19.0 Å². The number of nitriles is 1. The number of nitrogens with one attached hydrogen (secondary N) is 1. The van der Waals surface area contributed by atoms with Crippen LogP contribution < -0.4 is 10.2 Å². The maximum absolute atomic E-state index is 13.8. The van der Waals surface area contributed by atoms with E-state index in [1.54, 1.807) is 28.8 Å². The second-order valence-electron chi connectivity index (χ2n) is 5.62. The third-order valence-corrected chi connectivity index (χ3v) is 4.08. The number of benzene rings is 1. The van der Waals surface area contributed by atoms with Crippen molar-refractivity contribution in [3.63, 3.8) is 0 Å². The minimum absolute atomic E-state index is 0.119. The first-order chi connectivity index (χ1) is 11.1. The van der Waals surface area contributed by atoms with Crippen molar-refractivity contribution in [2.75, 3.05) is 11.4 Å². The number of hydrogen-bond donors (Lipinski definition) is 1. The second kappa shape index (κ2) is 6.23. The van der Waals surface area contributed by atoms with Crippen molar-refractivity contribution in [1.82, 2.24) is 9.88 Å². The SMILES string of the molecule is Cn1cc(CNC2CCN(c3ccccc3F)C2=O)cc1C#N. The lowest BCUT2D eigenvalue weighted by molar-refractivity contribution is -0.118. The highest BCUT2D eigenvalue weighted by atomic mass is 19.1. The molecule has 1 saturated heterocycles. The third kappa shape index (κ3) is 2.96. The average molecular weight is 312 g/mol. The summed E-state index contributed by atoms with van der Waals surface area (Å²) in [6, 6.07) is 9.87. The first-order valence-electron chi connectivity index (χ1n) is 7.45. The molecule has 2 aromatic rings. The maximum Gasteiger partial charge on any atom is 0.244 e. The van der Waals surface area contributed by atoms with E-state index in [2.05, 4.69) is 11.4 Å². The van der Waals surface area contributed by atoms with E-state index >= 15 is 0 Å². The van der Waals surface area contributed by atoms with Crippen LogP contribution in [0.4, 0.5) is 10.1 Å². The number of carbonyl (C=O) groups is 1. The molecule has 1 amide bonds. The normalized spacial score (nSPS) is 17.5. The van der Waals surface area contributed by atoms with E-state index in [1.807, 2.05) is 13.2 Å². The summed E-state index contributed by atoms with van der Waals surface area (Å²) in [5.74, 6) is -0.505. The van der Waals surface area contributed by atoms with Crippen LogP contribution >= 0.6 is 0 Å². The maximum atomic E-state index is 13.8. The Morgan fingerprint density at radius 2 is 2.22 bits per heavy atom. The van der Waals surface area contributed by atoms with E-state index in [0.29, 0.717) is 30.9 Å². The molecule has 1 aliphatic rings. The van der Waals surface area contributed by atoms with Crippen LogP contribution in [0, 0.1) is 17.1 Å². The van der Waals surface area contributed by atoms with Crippen molar-refractivity contribution < 1.29 is 9.18 Å². The molecule has 1 atom stereocenters. The monoisotopic (exact) mass is 312 g/mol. The molecule has 1 fully saturated rings. The summed E-state index contributed by atoms with van der Waals surface area (Å²) < 4.78 is 15.6. The van der Waals surface area contributed by atoms with Gasteiger partial charge in [0.25, 0.3) is 0 Å². The van der Waals surface area contributed by atoms with Gasteiger partial charge in [0.15, 0.2) is 0 Å². The molecule has 1 aromatic heterocycles. The lowest BCUT2D eigenvalue weighted by atomic mass is 10.2. The van der Waals surface area contributed by atoms with Gasteiger partial charge in [-0.3, -0.25) is 4.79 Å². The number of aryl methyl sites for hydroxylation is 1. The molecule has 1 aromatic carbocycles. The fourth-order valence-electron chi connectivity index (χ4n) is 2.86. The van der Waals surface area contributed by atoms with Crippen molar-refractivity contribution in [3.8, 4) is 6.07 Å². The summed E-state index contributed by atoms with van der Waals surface area (Å²) in [4.78, 5) is 13.9. The van der Waals surface area contributed by atoms with Crippen molar-refractivity contribution in [2.24, 2.45) is 7.05 Å². The Balaban J connectivity index is 1.65. The number of aromatic nitrogens is 1. The number of halogens is 1. The van der Waals surface area contributed by atoms with E-state index in [0.717, 1.165) is 5.56 Å². The Hall–Kier alpha value is -2.65. The number of hydrogen-bond acceptors (Lipinski definition) is 3. The van der Waals surface area contributed by atoms with Gasteiger partial charge in [-0.2, -0.15) is 5.26 Å². The van der Waals surface area contributed by atoms with Gasteiger partial charge in [-0.15, -0.1) is 0 Å². The number of rotatable bonds is 4. The third-order valence-electron chi connectivity index (χ3n) is 4.08. The van der Waals surface area contributed by atoms with Crippen LogP contribution in [-0.2, 0) is 18.4 Å². The summed E-state index contributed by atoms with van der Waals surface area (Å²) >= 11 is 0. The lowest BCUT2D eigenvalue weighted by Gasteiger charge is -2.17. The molecule has 1 aliphatic heterocycles. The highest BCUT2D eigenvalue weighted by Gasteiger charge is 2.33. The average Bonchev–Trinajstić information content (AvgIpc) is 3.08. The van der Waals surface area contributed by atoms with Gasteiger partial charge >= 0.3 is 0 Å². The Bertz CT molecular complexity index is 777. The number of anilines is 1. The molecule has 6 heteroatoms. The number of para-hydroxylation sites is 1. The van der Waals surface area contributed by atoms with Gasteiger partial charge in [0.2, 0.25) is 5.91 Å². The fraction of sp³-hybridized carbons (Fsp3) is 0.294. The number of carbonyl (C=O) groups excluding carboxylic acids is 1. The minimum Gasteiger partial charge on any atom is -0.342 e. The molecule has 5 nitrogen and oxygen atoms in total. The first kappa shape index (κ1) is 15.3. The zero-order valence-corrected chi connectivity index (χ0v) is 12.8. The molecular weight excluding hydrogens is 295 g/mol. The number of amides is 1. The lowest BCUT2D eigenvalue weighted by Crippen LogP contribution is -2.38. The Kier molecular flexibility index (Phi) is 4.13. The minimum atomic E-state index is -0.386. The summed E-state index contributed by atoms with van der Waals surface area (Å²) in [7, 11) is 1.81. The van der Waals surface area contributed by atoms with Crippen LogP contribution in [0.5, 0.6) is 0 Å². The van der Waals surface area contributed by atoms with Crippen LogP contribution in [0.3, 0.4) is 0 Å². The fourth-order valence-corrected chi connectivity index (χ4v) is 2.86. The summed E-state index contributed by atoms with van der Waals surface area (Å²) in [5.41, 5.74) is 1.85. The molecule has 1 unspecified atom stereocenters. The van der Waals surface area contributed by atoms with Crippen LogP contribution in [0.15, 0.2) is 36.5 Å². The van der Waals surface area contributed by atoms with Crippen LogP contribution in [-0.4, -0.2) is 23.1 Å². The second-order valence-corrected chi connectivity index (χ2v) is 5.62. The standard InChI is InChI=1S/C17H17FN4O/c1-21-11-12(8-13(21)9-19)10-20-15-6-7-22(17(15)23)16-5-3-2-4-14(16)18/h2-5,8,11,15,20H,6-7,10H2,1H3. The zero-order valence-electron chi connectivity index (χ0n) is 12.8. The van der Waals surface area contributed by atoms with Gasteiger partial charge in [0, 0.05) is 26.3 Å². The van der Waals surface area contributed by atoms with E-state index in [1.165, 1.54) is 11.0 Å². The van der Waals surface area contributed by atoms with E-state index < -0.39 is 0 Å². The van der Waals surface area contributed by atoms with Crippen LogP contribution in [0.2, 0.25) is 0 Å². The smallest absolute Gasteiger partial charge is 0.244 e. The van der Waals surface area contributed by atoms with E-state index in [4.69, 9.17) is 5.26 Å². The van der Waals surface area contributed by atoms with E-state index in [-0.39, 0.29) is 17.8 Å². The Morgan fingerprint density at radius 1 is 1.43 bits per heavy atom. The molecule has 0 radical (unpaired) electrons. The molecule has 23 heavy (non-hydrogen) atoms. The predicted molar refractivity (Wildman–Crippen MR) is 84.1 cm³/mol. The quantitative estimate of drug-likeness (QED) is 0.938. The van der Waals surface area contributed by atoms with Gasteiger partial charge < -0.3 is 14.8 Å². The summed E-state index contributed by atoms with van der Waals surface area (Å²) in [6.45, 7) is 0.993. The molecule has 118 valence electrons. The van der Waals surface area contributed by atoms with Crippen LogP contribution in [0.25, 0.3) is 0 Å². The predicted octanol–water partition coefficient (Wildman–Crippen LogP) is 1.93. The molecule has 1 N–H and O–H groups in total. The Labute approximate surface area is 133 Å². The molecule has 0 bridgehead atoms. The molecular formula is C17H17FN4O. The van der Waals surface area contributed by atoms with Gasteiger partial charge in [-0.05, 0) is 30.2 Å². The van der Waals surface area contributed by atoms with Crippen molar-refractivity contribution in [1.29, 1.82) is 5.26 Å². The van der Waals surface area contributed by atoms with Gasteiger partial charge in [0.05, 0.1) is 11.7 Å². The summed E-state index contributed by atoms with van der Waals surface area (Å²) in [5, 5.41) is 12.1. The molecule has 0 saturated carbocycles. The summed E-state index contributed by atoms with van der Waals surface area (Å²) in [6.07, 6.45) is 2.49. The zero-order chi connectivity index (χ0) is 16.4. The highest BCUT2D eigenvalue weighted by Crippen LogP contribution is 2.24. The molecule has 3 rings (SSSR count). The van der Waals surface area contributed by atoms with Crippen molar-refractivity contribution in [3.05, 3.63) is 53.6 Å². The topological polar surface area (TPSA) is 61.1 Å². The van der Waals surface area contributed by atoms with Crippen molar-refractivity contribution >= 4 is 11.6 Å². The van der Waals surface area contributed by atoms with Gasteiger partial charge in [-0.1, -0.05) is 12.1 Å². The molecule has 0 aliphatic carbocycles. The number of nitrogens with zero attached hydrogens (tertiary/aromatic N) is 3. The highest BCUT2D eigenvalue weighted by molar-refractivity contribution is 5.99. The first-order valence-corrected chi connectivity index (χ1v) is 7.45. The van der Waals surface area contributed by atoms with Gasteiger partial charge in [-0.25, -0.2) is 4.39 Å². The molecule has 0 spiro atoms.